The van der Waals surface area contributed by atoms with Crippen LogP contribution in [0.4, 0.5) is 5.69 Å². The molecule has 16 heavy (non-hydrogen) atoms. The Morgan fingerprint density at radius 3 is 2.44 bits per heavy atom. The first-order chi connectivity index (χ1) is 7.68. The van der Waals surface area contributed by atoms with Gasteiger partial charge in [-0.05, 0) is 44.5 Å². The minimum Gasteiger partial charge on any atom is -0.369 e. The summed E-state index contributed by atoms with van der Waals surface area (Å²) in [5, 5.41) is 0. The Morgan fingerprint density at radius 2 is 1.88 bits per heavy atom. The first kappa shape index (κ1) is 11.5. The van der Waals surface area contributed by atoms with Crippen molar-refractivity contribution in [2.45, 2.75) is 26.8 Å². The topological polar surface area (TPSA) is 6.48 Å². The van der Waals surface area contributed by atoms with Crippen molar-refractivity contribution in [2.24, 2.45) is 0 Å². The molecule has 1 aliphatic rings. The van der Waals surface area contributed by atoms with Crippen molar-refractivity contribution in [1.82, 2.24) is 4.90 Å². The molecule has 0 amide bonds. The average molecular weight is 217 g/mol. The van der Waals surface area contributed by atoms with Crippen LogP contribution in [0.15, 0.2) is 18.2 Å². The zero-order chi connectivity index (χ0) is 11.5. The van der Waals surface area contributed by atoms with Crippen LogP contribution in [0.3, 0.4) is 0 Å². The molecule has 0 spiro atoms. The van der Waals surface area contributed by atoms with Crippen molar-refractivity contribution in [2.75, 3.05) is 31.1 Å². The van der Waals surface area contributed by atoms with Crippen molar-refractivity contribution in [3.05, 3.63) is 29.8 Å². The Hall–Kier alpha value is -1.02. The summed E-state index contributed by atoms with van der Waals surface area (Å²) < 4.78 is 0. The smallest absolute Gasteiger partial charge is 0.0397 e. The molecule has 1 saturated heterocycles. The second-order valence-corrected chi connectivity index (χ2v) is 4.83. The molecule has 1 radical (unpaired) electrons. The van der Waals surface area contributed by atoms with Gasteiger partial charge in [0.15, 0.2) is 0 Å². The van der Waals surface area contributed by atoms with Gasteiger partial charge in [-0.3, -0.25) is 4.90 Å². The van der Waals surface area contributed by atoms with E-state index in [1.54, 1.807) is 0 Å². The van der Waals surface area contributed by atoms with Crippen molar-refractivity contribution in [1.29, 1.82) is 0 Å². The largest absolute Gasteiger partial charge is 0.369 e. The van der Waals surface area contributed by atoms with E-state index in [1.807, 2.05) is 6.07 Å². The van der Waals surface area contributed by atoms with Gasteiger partial charge in [0, 0.05) is 37.9 Å². The normalized spacial score (nSPS) is 18.1. The number of aryl methyl sites for hydroxylation is 1. The van der Waals surface area contributed by atoms with E-state index in [0.717, 1.165) is 13.1 Å². The Morgan fingerprint density at radius 1 is 1.19 bits per heavy atom. The molecule has 2 heteroatoms. The first-order valence-corrected chi connectivity index (χ1v) is 6.14. The minimum atomic E-state index is 0.673. The van der Waals surface area contributed by atoms with Crippen LogP contribution >= 0.6 is 0 Å². The third-order valence-corrected chi connectivity index (χ3v) is 3.43. The molecule has 87 valence electrons. The predicted molar refractivity (Wildman–Crippen MR) is 68.9 cm³/mol. The van der Waals surface area contributed by atoms with Gasteiger partial charge >= 0.3 is 0 Å². The molecule has 0 aromatic heterocycles. The van der Waals surface area contributed by atoms with Gasteiger partial charge in [-0.1, -0.05) is 6.07 Å². The standard InChI is InChI=1S/C14H21N2/c1-12(2)15-8-10-16(11-9-15)14-7-5-4-6-13(14)3/h5-7,12H,8-11H2,1-3H3. The van der Waals surface area contributed by atoms with E-state index in [4.69, 9.17) is 0 Å². The highest BCUT2D eigenvalue weighted by Crippen LogP contribution is 2.20. The molecule has 1 aromatic carbocycles. The Balaban J connectivity index is 2.02. The maximum Gasteiger partial charge on any atom is 0.0397 e. The van der Waals surface area contributed by atoms with E-state index in [-0.39, 0.29) is 0 Å². The zero-order valence-electron chi connectivity index (χ0n) is 10.5. The lowest BCUT2D eigenvalue weighted by Gasteiger charge is -2.38. The molecule has 0 N–H and O–H groups in total. The molecule has 0 aliphatic carbocycles. The highest BCUT2D eigenvalue weighted by atomic mass is 15.3. The highest BCUT2D eigenvalue weighted by Gasteiger charge is 2.19. The highest BCUT2D eigenvalue weighted by molar-refractivity contribution is 5.53. The summed E-state index contributed by atoms with van der Waals surface area (Å²) in [6, 6.07) is 10.1. The molecular formula is C14H21N2. The lowest BCUT2D eigenvalue weighted by molar-refractivity contribution is 0.209. The van der Waals surface area contributed by atoms with Crippen LogP contribution in [-0.2, 0) is 0 Å². The number of hydrogen-bond acceptors (Lipinski definition) is 2. The summed E-state index contributed by atoms with van der Waals surface area (Å²) in [5.41, 5.74) is 2.71. The third kappa shape index (κ3) is 2.38. The monoisotopic (exact) mass is 217 g/mol. The van der Waals surface area contributed by atoms with E-state index in [2.05, 4.69) is 48.8 Å². The molecule has 1 fully saturated rings. The first-order valence-electron chi connectivity index (χ1n) is 6.14. The van der Waals surface area contributed by atoms with Crippen LogP contribution in [0.5, 0.6) is 0 Å². The summed E-state index contributed by atoms with van der Waals surface area (Å²) in [6.45, 7) is 11.4. The fraction of sp³-hybridized carbons (Fsp3) is 0.571. The Kier molecular flexibility index (Phi) is 3.49. The molecule has 1 heterocycles. The summed E-state index contributed by atoms with van der Waals surface area (Å²) in [7, 11) is 0. The molecular weight excluding hydrogens is 196 g/mol. The molecule has 0 saturated carbocycles. The second-order valence-electron chi connectivity index (χ2n) is 4.83. The number of rotatable bonds is 2. The number of benzene rings is 1. The van der Waals surface area contributed by atoms with Crippen molar-refractivity contribution >= 4 is 5.69 Å². The summed E-state index contributed by atoms with van der Waals surface area (Å²) in [6.07, 6.45) is 0. The van der Waals surface area contributed by atoms with Gasteiger partial charge in [-0.25, -0.2) is 0 Å². The molecule has 0 unspecified atom stereocenters. The summed E-state index contributed by atoms with van der Waals surface area (Å²) >= 11 is 0. The number of piperazine rings is 1. The molecule has 0 bridgehead atoms. The fourth-order valence-corrected chi connectivity index (χ4v) is 2.34. The maximum absolute atomic E-state index is 3.13. The van der Waals surface area contributed by atoms with Gasteiger partial charge in [0.25, 0.3) is 0 Å². The number of nitrogens with zero attached hydrogens (tertiary/aromatic N) is 2. The quantitative estimate of drug-likeness (QED) is 0.750. The van der Waals surface area contributed by atoms with Crippen LogP contribution in [0, 0.1) is 13.0 Å². The van der Waals surface area contributed by atoms with Crippen LogP contribution in [0.1, 0.15) is 19.4 Å². The van der Waals surface area contributed by atoms with E-state index in [0.29, 0.717) is 6.04 Å². The molecule has 1 aromatic rings. The molecule has 0 atom stereocenters. The van der Waals surface area contributed by atoms with Crippen molar-refractivity contribution in [3.8, 4) is 0 Å². The van der Waals surface area contributed by atoms with Gasteiger partial charge < -0.3 is 4.90 Å². The number of anilines is 1. The Labute approximate surface area is 98.9 Å². The minimum absolute atomic E-state index is 0.673. The zero-order valence-corrected chi connectivity index (χ0v) is 10.5. The van der Waals surface area contributed by atoms with Crippen molar-refractivity contribution in [3.63, 3.8) is 0 Å². The third-order valence-electron chi connectivity index (χ3n) is 3.43. The van der Waals surface area contributed by atoms with Gasteiger partial charge in [0.05, 0.1) is 0 Å². The number of hydrogen-bond donors (Lipinski definition) is 0. The lowest BCUT2D eigenvalue weighted by atomic mass is 10.1. The van der Waals surface area contributed by atoms with E-state index in [9.17, 15) is 0 Å². The van der Waals surface area contributed by atoms with Crippen LogP contribution < -0.4 is 4.90 Å². The van der Waals surface area contributed by atoms with Gasteiger partial charge in [-0.15, -0.1) is 0 Å². The van der Waals surface area contributed by atoms with E-state index < -0.39 is 0 Å². The second kappa shape index (κ2) is 4.88. The molecule has 1 aliphatic heterocycles. The molecule has 2 nitrogen and oxygen atoms in total. The van der Waals surface area contributed by atoms with Gasteiger partial charge in [-0.2, -0.15) is 0 Å². The van der Waals surface area contributed by atoms with Crippen LogP contribution in [-0.4, -0.2) is 37.1 Å². The van der Waals surface area contributed by atoms with E-state index >= 15 is 0 Å². The van der Waals surface area contributed by atoms with Crippen LogP contribution in [0.25, 0.3) is 0 Å². The molecule has 2 rings (SSSR count). The van der Waals surface area contributed by atoms with Gasteiger partial charge in [0.1, 0.15) is 0 Å². The van der Waals surface area contributed by atoms with E-state index in [1.165, 1.54) is 24.3 Å². The van der Waals surface area contributed by atoms with Crippen LogP contribution in [0.2, 0.25) is 0 Å². The summed E-state index contributed by atoms with van der Waals surface area (Å²) in [5.74, 6) is 0. The fourth-order valence-electron chi connectivity index (χ4n) is 2.34. The summed E-state index contributed by atoms with van der Waals surface area (Å²) in [4.78, 5) is 5.03. The SMILES string of the molecule is Cc1c[c]ccc1N1CCN(C(C)C)CC1. The predicted octanol–water partition coefficient (Wildman–Crippen LogP) is 2.33. The van der Waals surface area contributed by atoms with Gasteiger partial charge in [0.2, 0.25) is 0 Å². The maximum atomic E-state index is 3.13. The van der Waals surface area contributed by atoms with Crippen molar-refractivity contribution < 1.29 is 0 Å². The Bertz CT molecular complexity index is 338. The average Bonchev–Trinajstić information content (AvgIpc) is 2.30. The lowest BCUT2D eigenvalue weighted by Crippen LogP contribution is -2.49.